The zero-order valence-corrected chi connectivity index (χ0v) is 19.7. The van der Waals surface area contributed by atoms with Crippen LogP contribution in [0.2, 0.25) is 0 Å². The van der Waals surface area contributed by atoms with Crippen molar-refractivity contribution in [1.29, 1.82) is 0 Å². The molecule has 0 heterocycles. The summed E-state index contributed by atoms with van der Waals surface area (Å²) in [5.74, 6) is -0.415. The Morgan fingerprint density at radius 1 is 1.09 bits per heavy atom. The van der Waals surface area contributed by atoms with E-state index in [0.717, 1.165) is 24.8 Å². The normalized spacial score (nSPS) is 18.1. The number of rotatable bonds is 7. The van der Waals surface area contributed by atoms with Gasteiger partial charge in [-0.3, -0.25) is 4.79 Å². The first kappa shape index (κ1) is 23.6. The van der Waals surface area contributed by atoms with Crippen molar-refractivity contribution in [3.63, 3.8) is 0 Å². The smallest absolute Gasteiger partial charge is 0.174 e. The highest BCUT2D eigenvalue weighted by Gasteiger charge is 2.36. The molecule has 3 rings (SSSR count). The van der Waals surface area contributed by atoms with Crippen LogP contribution in [0, 0.1) is 19.8 Å². The molecule has 0 saturated carbocycles. The highest BCUT2D eigenvalue weighted by atomic mass is 16.5. The van der Waals surface area contributed by atoms with Crippen LogP contribution in [-0.4, -0.2) is 23.1 Å². The van der Waals surface area contributed by atoms with Gasteiger partial charge >= 0.3 is 0 Å². The van der Waals surface area contributed by atoms with Crippen LogP contribution in [0.4, 0.5) is 0 Å². The minimum Gasteiger partial charge on any atom is -0.507 e. The van der Waals surface area contributed by atoms with Crippen molar-refractivity contribution in [1.82, 2.24) is 0 Å². The van der Waals surface area contributed by atoms with Gasteiger partial charge in [-0.05, 0) is 64.9 Å². The lowest BCUT2D eigenvalue weighted by Crippen LogP contribution is -2.26. The molecule has 0 spiro atoms. The molecule has 2 atom stereocenters. The minimum atomic E-state index is -0.312. The van der Waals surface area contributed by atoms with Gasteiger partial charge < -0.3 is 14.9 Å². The lowest BCUT2D eigenvalue weighted by molar-refractivity contribution is 0.0889. The van der Waals surface area contributed by atoms with Gasteiger partial charge in [0, 0.05) is 17.0 Å². The van der Waals surface area contributed by atoms with E-state index in [0.29, 0.717) is 17.5 Å². The zero-order chi connectivity index (χ0) is 23.4. The number of ether oxygens (including phenoxy) is 1. The molecule has 170 valence electrons. The Labute approximate surface area is 191 Å². The third-order valence-electron chi connectivity index (χ3n) is 6.53. The maximum Gasteiger partial charge on any atom is 0.174 e. The molecule has 32 heavy (non-hydrogen) atoms. The van der Waals surface area contributed by atoms with E-state index in [2.05, 4.69) is 38.1 Å². The van der Waals surface area contributed by atoms with E-state index >= 15 is 0 Å². The van der Waals surface area contributed by atoms with Crippen molar-refractivity contribution < 1.29 is 19.7 Å². The number of aromatic hydroxyl groups is 2. The van der Waals surface area contributed by atoms with Crippen LogP contribution in [-0.2, 0) is 0 Å². The molecule has 4 heteroatoms. The molecule has 0 aromatic heterocycles. The molecule has 0 fully saturated rings. The summed E-state index contributed by atoms with van der Waals surface area (Å²) in [7, 11) is 1.46. The van der Waals surface area contributed by atoms with Gasteiger partial charge in [0.15, 0.2) is 5.78 Å². The largest absolute Gasteiger partial charge is 0.507 e. The molecule has 2 aromatic rings. The first-order valence-electron chi connectivity index (χ1n) is 11.3. The second-order valence-electron chi connectivity index (χ2n) is 8.97. The van der Waals surface area contributed by atoms with Crippen molar-refractivity contribution >= 4 is 5.78 Å². The molecular formula is C28H34O4. The van der Waals surface area contributed by atoms with Crippen LogP contribution >= 0.6 is 0 Å². The summed E-state index contributed by atoms with van der Waals surface area (Å²) in [6.07, 6.45) is 7.87. The Hall–Kier alpha value is -3.01. The summed E-state index contributed by atoms with van der Waals surface area (Å²) in [5.41, 5.74) is 4.76. The number of ketones is 1. The van der Waals surface area contributed by atoms with Gasteiger partial charge in [0.2, 0.25) is 0 Å². The highest BCUT2D eigenvalue weighted by molar-refractivity contribution is 6.04. The predicted molar refractivity (Wildman–Crippen MR) is 129 cm³/mol. The fraction of sp³-hybridized carbons (Fsp3) is 0.393. The molecule has 4 nitrogen and oxygen atoms in total. The van der Waals surface area contributed by atoms with Gasteiger partial charge in [0.1, 0.15) is 22.8 Å². The molecule has 0 aliphatic heterocycles. The van der Waals surface area contributed by atoms with Crippen molar-refractivity contribution in [2.75, 3.05) is 7.11 Å². The molecule has 2 N–H and O–H groups in total. The van der Waals surface area contributed by atoms with E-state index in [1.54, 1.807) is 13.8 Å². The van der Waals surface area contributed by atoms with Crippen molar-refractivity contribution in [2.45, 2.75) is 59.3 Å². The summed E-state index contributed by atoms with van der Waals surface area (Å²) in [5, 5.41) is 21.1. The predicted octanol–water partition coefficient (Wildman–Crippen LogP) is 6.77. The molecule has 1 aliphatic carbocycles. The van der Waals surface area contributed by atoms with Crippen molar-refractivity contribution in [3.05, 3.63) is 75.9 Å². The van der Waals surface area contributed by atoms with Crippen LogP contribution < -0.4 is 4.74 Å². The van der Waals surface area contributed by atoms with E-state index in [9.17, 15) is 15.0 Å². The van der Waals surface area contributed by atoms with E-state index in [4.69, 9.17) is 4.74 Å². The first-order valence-corrected chi connectivity index (χ1v) is 11.3. The number of hydrogen-bond acceptors (Lipinski definition) is 4. The highest BCUT2D eigenvalue weighted by Crippen LogP contribution is 2.46. The second-order valence-corrected chi connectivity index (χ2v) is 8.97. The molecule has 0 amide bonds. The number of hydrogen-bond donors (Lipinski definition) is 2. The van der Waals surface area contributed by atoms with E-state index in [1.165, 1.54) is 18.3 Å². The second kappa shape index (κ2) is 10.1. The van der Waals surface area contributed by atoms with Crippen molar-refractivity contribution in [3.8, 4) is 17.2 Å². The monoisotopic (exact) mass is 434 g/mol. The number of methoxy groups -OCH3 is 1. The Morgan fingerprint density at radius 3 is 2.41 bits per heavy atom. The van der Waals surface area contributed by atoms with Gasteiger partial charge in [-0.15, -0.1) is 0 Å². The number of phenols is 2. The lowest BCUT2D eigenvalue weighted by Gasteiger charge is -2.32. The van der Waals surface area contributed by atoms with Crippen LogP contribution in [0.1, 0.15) is 72.5 Å². The average molecular weight is 435 g/mol. The number of allylic oxidation sites excluding steroid dienone is 4. The van der Waals surface area contributed by atoms with Gasteiger partial charge in [0.05, 0.1) is 7.11 Å². The Balaban J connectivity index is 2.02. The van der Waals surface area contributed by atoms with Gasteiger partial charge in [-0.25, -0.2) is 0 Å². The summed E-state index contributed by atoms with van der Waals surface area (Å²) >= 11 is 0. The molecular weight excluding hydrogens is 400 g/mol. The minimum absolute atomic E-state index is 0.0222. The Bertz CT molecular complexity index is 1040. The van der Waals surface area contributed by atoms with Crippen LogP contribution in [0.3, 0.4) is 0 Å². The summed E-state index contributed by atoms with van der Waals surface area (Å²) in [6.45, 7) is 7.54. The van der Waals surface area contributed by atoms with E-state index in [1.807, 2.05) is 18.2 Å². The maximum atomic E-state index is 13.8. The third-order valence-corrected chi connectivity index (χ3v) is 6.53. The average Bonchev–Trinajstić information content (AvgIpc) is 2.79. The SMILES string of the molecule is COc1c(C)c(O)c(C)c(O)c1C(=O)[C@@H]1CC=C(CCC=C(C)C)C[C@H]1c1ccccc1. The fourth-order valence-corrected chi connectivity index (χ4v) is 4.71. The third kappa shape index (κ3) is 4.74. The van der Waals surface area contributed by atoms with Crippen LogP contribution in [0.15, 0.2) is 53.6 Å². The first-order chi connectivity index (χ1) is 15.3. The van der Waals surface area contributed by atoms with Gasteiger partial charge in [-0.2, -0.15) is 0 Å². The molecule has 0 bridgehead atoms. The summed E-state index contributed by atoms with van der Waals surface area (Å²) < 4.78 is 5.48. The molecule has 0 unspecified atom stereocenters. The Morgan fingerprint density at radius 2 is 1.78 bits per heavy atom. The summed E-state index contributed by atoms with van der Waals surface area (Å²) in [6, 6.07) is 10.1. The van der Waals surface area contributed by atoms with Crippen LogP contribution in [0.5, 0.6) is 17.2 Å². The fourth-order valence-electron chi connectivity index (χ4n) is 4.71. The maximum absolute atomic E-state index is 13.8. The molecule has 1 aliphatic rings. The zero-order valence-electron chi connectivity index (χ0n) is 19.7. The Kier molecular flexibility index (Phi) is 7.44. The lowest BCUT2D eigenvalue weighted by atomic mass is 9.71. The van der Waals surface area contributed by atoms with Crippen molar-refractivity contribution in [2.24, 2.45) is 5.92 Å². The number of benzene rings is 2. The molecule has 0 saturated heterocycles. The summed E-state index contributed by atoms with van der Waals surface area (Å²) in [4.78, 5) is 13.8. The number of phenolic OH excluding ortho intramolecular Hbond substituents is 2. The van der Waals surface area contributed by atoms with Gasteiger partial charge in [-0.1, -0.05) is 53.6 Å². The molecule has 0 radical (unpaired) electrons. The van der Waals surface area contributed by atoms with Crippen LogP contribution in [0.25, 0.3) is 0 Å². The molecule has 2 aromatic carbocycles. The number of Topliss-reactive ketones (excluding diaryl/α,β-unsaturated/α-hetero) is 1. The van der Waals surface area contributed by atoms with Gasteiger partial charge in [0.25, 0.3) is 0 Å². The number of carbonyl (C=O) groups is 1. The van der Waals surface area contributed by atoms with E-state index < -0.39 is 0 Å². The quantitative estimate of drug-likeness (QED) is 0.373. The van der Waals surface area contributed by atoms with E-state index in [-0.39, 0.29) is 40.4 Å². The standard InChI is InChI=1S/C28H34O4/c1-17(2)10-9-11-20-14-15-22(23(16-20)21-12-7-6-8-13-21)27(31)24-26(30)18(3)25(29)19(4)28(24)32-5/h6-8,10,12-14,22-23,29-30H,9,11,15-16H2,1-5H3/t22-,23+/m1/s1. The topological polar surface area (TPSA) is 66.8 Å². The number of carbonyl (C=O) groups excluding carboxylic acids is 1.